The van der Waals surface area contributed by atoms with Crippen LogP contribution in [0.1, 0.15) is 18.9 Å². The Morgan fingerprint density at radius 2 is 2.13 bits per heavy atom. The first kappa shape index (κ1) is 10.3. The molecule has 0 radical (unpaired) electrons. The monoisotopic (exact) mass is 220 g/mol. The zero-order valence-corrected chi connectivity index (χ0v) is 9.30. The molecule has 0 aromatic heterocycles. The summed E-state index contributed by atoms with van der Waals surface area (Å²) < 4.78 is 0. The summed E-state index contributed by atoms with van der Waals surface area (Å²) in [6, 6.07) is 8.00. The molecule has 0 fully saturated rings. The van der Waals surface area contributed by atoms with Gasteiger partial charge < -0.3 is 5.11 Å². The number of aliphatic carboxylic acids is 1. The second kappa shape index (κ2) is 4.11. The van der Waals surface area contributed by atoms with Gasteiger partial charge in [-0.1, -0.05) is 18.2 Å². The third-order valence-corrected chi connectivity index (χ3v) is 3.67. The van der Waals surface area contributed by atoms with Gasteiger partial charge in [-0.05, 0) is 30.5 Å². The van der Waals surface area contributed by atoms with Crippen LogP contribution in [-0.4, -0.2) is 16.8 Å². The number of hydrogen-bond donors (Lipinski definition) is 1. The number of carbonyl (C=O) groups is 1. The van der Waals surface area contributed by atoms with Crippen LogP contribution in [0.2, 0.25) is 0 Å². The molecular weight excluding hydrogens is 208 g/mol. The van der Waals surface area contributed by atoms with Crippen LogP contribution >= 0.6 is 11.8 Å². The fraction of sp³-hybridized carbons (Fsp3) is 0.250. The van der Waals surface area contributed by atoms with Crippen LogP contribution in [0.5, 0.6) is 0 Å². The largest absolute Gasteiger partial charge is 0.478 e. The number of carboxylic acid groups (broad SMARTS) is 1. The van der Waals surface area contributed by atoms with Gasteiger partial charge >= 0.3 is 5.97 Å². The predicted molar refractivity (Wildman–Crippen MR) is 62.0 cm³/mol. The molecule has 1 aromatic carbocycles. The van der Waals surface area contributed by atoms with E-state index in [9.17, 15) is 4.79 Å². The lowest BCUT2D eigenvalue weighted by molar-refractivity contribution is -0.132. The van der Waals surface area contributed by atoms with E-state index in [0.717, 1.165) is 23.3 Å². The molecule has 1 aliphatic heterocycles. The zero-order chi connectivity index (χ0) is 10.8. The predicted octanol–water partition coefficient (Wildman–Crippen LogP) is 3.04. The van der Waals surface area contributed by atoms with Gasteiger partial charge in [0.05, 0.1) is 0 Å². The maximum atomic E-state index is 10.9. The highest BCUT2D eigenvalue weighted by molar-refractivity contribution is 7.99. The van der Waals surface area contributed by atoms with Gasteiger partial charge in [-0.2, -0.15) is 0 Å². The quantitative estimate of drug-likeness (QED) is 0.739. The molecule has 0 atom stereocenters. The normalized spacial score (nSPS) is 18.2. The van der Waals surface area contributed by atoms with Crippen LogP contribution in [0.15, 0.2) is 34.7 Å². The molecule has 0 unspecified atom stereocenters. The van der Waals surface area contributed by atoms with Crippen LogP contribution < -0.4 is 0 Å². The fourth-order valence-corrected chi connectivity index (χ4v) is 2.81. The minimum absolute atomic E-state index is 0.475. The zero-order valence-electron chi connectivity index (χ0n) is 8.49. The van der Waals surface area contributed by atoms with Gasteiger partial charge in [-0.3, -0.25) is 0 Å². The van der Waals surface area contributed by atoms with Crippen molar-refractivity contribution >= 4 is 23.3 Å². The first-order chi connectivity index (χ1) is 7.20. The van der Waals surface area contributed by atoms with Crippen molar-refractivity contribution in [2.24, 2.45) is 0 Å². The second-order valence-corrected chi connectivity index (χ2v) is 4.64. The Kier molecular flexibility index (Phi) is 2.82. The standard InChI is InChI=1S/C12H12O2S/c1-8(12(13)14)9-6-7-15-11-5-3-2-4-10(9)11/h2-5H,6-7H2,1H3,(H,13,14). The summed E-state index contributed by atoms with van der Waals surface area (Å²) in [6.07, 6.45) is 0.847. The number of allylic oxidation sites excluding steroid dienone is 1. The number of carboxylic acids is 1. The molecule has 0 saturated heterocycles. The van der Waals surface area contributed by atoms with Gasteiger partial charge in [-0.25, -0.2) is 4.79 Å². The van der Waals surface area contributed by atoms with E-state index >= 15 is 0 Å². The van der Waals surface area contributed by atoms with Crippen LogP contribution in [-0.2, 0) is 4.79 Å². The van der Waals surface area contributed by atoms with Crippen molar-refractivity contribution in [3.05, 3.63) is 35.4 Å². The van der Waals surface area contributed by atoms with Crippen molar-refractivity contribution in [2.75, 3.05) is 5.75 Å². The van der Waals surface area contributed by atoms with Crippen molar-refractivity contribution in [3.63, 3.8) is 0 Å². The molecule has 1 aliphatic rings. The van der Waals surface area contributed by atoms with E-state index in [1.54, 1.807) is 18.7 Å². The molecule has 1 aromatic rings. The average Bonchev–Trinajstić information content (AvgIpc) is 2.27. The van der Waals surface area contributed by atoms with E-state index in [1.165, 1.54) is 4.90 Å². The summed E-state index contributed by atoms with van der Waals surface area (Å²) in [4.78, 5) is 12.1. The molecule has 78 valence electrons. The number of rotatable bonds is 1. The van der Waals surface area contributed by atoms with Crippen molar-refractivity contribution < 1.29 is 9.90 Å². The third kappa shape index (κ3) is 1.92. The second-order valence-electron chi connectivity index (χ2n) is 3.50. The number of hydrogen-bond acceptors (Lipinski definition) is 2. The summed E-state index contributed by atoms with van der Waals surface area (Å²) in [6.45, 7) is 1.68. The van der Waals surface area contributed by atoms with Crippen molar-refractivity contribution in [1.29, 1.82) is 0 Å². The van der Waals surface area contributed by atoms with Gasteiger partial charge in [0.1, 0.15) is 0 Å². The van der Waals surface area contributed by atoms with Crippen LogP contribution in [0.3, 0.4) is 0 Å². The van der Waals surface area contributed by atoms with E-state index in [0.29, 0.717) is 5.57 Å². The van der Waals surface area contributed by atoms with E-state index in [1.807, 2.05) is 24.3 Å². The van der Waals surface area contributed by atoms with Crippen LogP contribution in [0, 0.1) is 0 Å². The highest BCUT2D eigenvalue weighted by Gasteiger charge is 2.18. The minimum atomic E-state index is -0.813. The molecule has 2 nitrogen and oxygen atoms in total. The van der Waals surface area contributed by atoms with Gasteiger partial charge in [0.2, 0.25) is 0 Å². The molecule has 15 heavy (non-hydrogen) atoms. The van der Waals surface area contributed by atoms with E-state index in [2.05, 4.69) is 0 Å². The molecule has 0 spiro atoms. The lowest BCUT2D eigenvalue weighted by atomic mass is 9.98. The Labute approximate surface area is 93.0 Å². The maximum absolute atomic E-state index is 10.9. The SMILES string of the molecule is CC(C(=O)O)=C1CCSc2ccccc21. The summed E-state index contributed by atoms with van der Waals surface area (Å²) in [5, 5.41) is 9.00. The number of fused-ring (bicyclic) bond motifs is 1. The molecule has 1 heterocycles. The highest BCUT2D eigenvalue weighted by atomic mass is 32.2. The Morgan fingerprint density at radius 1 is 1.40 bits per heavy atom. The lowest BCUT2D eigenvalue weighted by Crippen LogP contribution is -2.05. The lowest BCUT2D eigenvalue weighted by Gasteiger charge is -2.19. The van der Waals surface area contributed by atoms with Crippen LogP contribution in [0.4, 0.5) is 0 Å². The van der Waals surface area contributed by atoms with Crippen molar-refractivity contribution in [2.45, 2.75) is 18.2 Å². The Morgan fingerprint density at radius 3 is 2.87 bits per heavy atom. The molecule has 3 heteroatoms. The molecule has 0 amide bonds. The highest BCUT2D eigenvalue weighted by Crippen LogP contribution is 2.38. The molecule has 0 bridgehead atoms. The Bertz CT molecular complexity index is 435. The summed E-state index contributed by atoms with van der Waals surface area (Å²) in [7, 11) is 0. The van der Waals surface area contributed by atoms with Gasteiger partial charge in [0.25, 0.3) is 0 Å². The smallest absolute Gasteiger partial charge is 0.331 e. The maximum Gasteiger partial charge on any atom is 0.331 e. The topological polar surface area (TPSA) is 37.3 Å². The molecule has 0 aliphatic carbocycles. The molecule has 0 saturated carbocycles. The van der Waals surface area contributed by atoms with E-state index in [-0.39, 0.29) is 0 Å². The number of benzene rings is 1. The summed E-state index contributed by atoms with van der Waals surface area (Å²) in [5.41, 5.74) is 2.55. The molecular formula is C12H12O2S. The summed E-state index contributed by atoms with van der Waals surface area (Å²) in [5.74, 6) is 0.156. The van der Waals surface area contributed by atoms with E-state index in [4.69, 9.17) is 5.11 Å². The van der Waals surface area contributed by atoms with E-state index < -0.39 is 5.97 Å². The fourth-order valence-electron chi connectivity index (χ4n) is 1.76. The minimum Gasteiger partial charge on any atom is -0.478 e. The Balaban J connectivity index is 2.55. The van der Waals surface area contributed by atoms with Gasteiger partial charge in [-0.15, -0.1) is 11.8 Å². The Hall–Kier alpha value is -1.22. The third-order valence-electron chi connectivity index (χ3n) is 2.60. The van der Waals surface area contributed by atoms with Crippen molar-refractivity contribution in [3.8, 4) is 0 Å². The average molecular weight is 220 g/mol. The van der Waals surface area contributed by atoms with Gasteiger partial charge in [0.15, 0.2) is 0 Å². The number of thioether (sulfide) groups is 1. The van der Waals surface area contributed by atoms with Crippen molar-refractivity contribution in [1.82, 2.24) is 0 Å². The molecule has 2 rings (SSSR count). The summed E-state index contributed by atoms with van der Waals surface area (Å²) >= 11 is 1.79. The molecule has 1 N–H and O–H groups in total. The first-order valence-electron chi connectivity index (χ1n) is 4.85. The van der Waals surface area contributed by atoms with Crippen LogP contribution in [0.25, 0.3) is 5.57 Å². The first-order valence-corrected chi connectivity index (χ1v) is 5.84. The van der Waals surface area contributed by atoms with Gasteiger partial charge in [0, 0.05) is 16.2 Å².